The van der Waals surface area contributed by atoms with Crippen molar-refractivity contribution >= 4 is 13.8 Å². The number of halogens is 3. The van der Waals surface area contributed by atoms with Gasteiger partial charge >= 0.3 is 6.18 Å². The van der Waals surface area contributed by atoms with E-state index in [0.717, 1.165) is 33.6 Å². The van der Waals surface area contributed by atoms with Gasteiger partial charge in [-0.15, -0.1) is 0 Å². The molecule has 1 aliphatic heterocycles. The summed E-state index contributed by atoms with van der Waals surface area (Å²) in [6.07, 6.45) is -3.69. The Labute approximate surface area is 174 Å². The number of hydrogen-bond donors (Lipinski definition) is 1. The van der Waals surface area contributed by atoms with Gasteiger partial charge in [-0.1, -0.05) is 37.8 Å². The van der Waals surface area contributed by atoms with Crippen LogP contribution in [0, 0.1) is 0 Å². The van der Waals surface area contributed by atoms with Crippen LogP contribution in [0.2, 0.25) is 25.7 Å². The van der Waals surface area contributed by atoms with Crippen LogP contribution in [0.25, 0.3) is 0 Å². The van der Waals surface area contributed by atoms with Gasteiger partial charge in [0.2, 0.25) is 0 Å². The molecule has 2 aromatic rings. The third-order valence-corrected chi connectivity index (χ3v) is 6.79. The number of alkyl halides is 3. The van der Waals surface area contributed by atoms with Crippen LogP contribution in [0.4, 0.5) is 18.9 Å². The second-order valence-electron chi connectivity index (χ2n) is 8.72. The molecule has 0 unspecified atom stereocenters. The smallest absolute Gasteiger partial charge is 0.361 e. The highest BCUT2D eigenvalue weighted by molar-refractivity contribution is 6.76. The minimum Gasteiger partial charge on any atom is -0.361 e. The van der Waals surface area contributed by atoms with Gasteiger partial charge in [-0.2, -0.15) is 18.3 Å². The third kappa shape index (κ3) is 5.11. The summed E-state index contributed by atoms with van der Waals surface area (Å²) in [5.74, 6) is 0. The van der Waals surface area contributed by atoms with Crippen LogP contribution in [0.5, 0.6) is 0 Å². The van der Waals surface area contributed by atoms with Gasteiger partial charge in [0.1, 0.15) is 12.3 Å². The van der Waals surface area contributed by atoms with E-state index in [-0.39, 0.29) is 25.5 Å². The number of benzene rings is 1. The molecule has 164 valence electrons. The predicted molar refractivity (Wildman–Crippen MR) is 112 cm³/mol. The van der Waals surface area contributed by atoms with E-state index in [1.165, 1.54) is 4.90 Å². The Kier molecular flexibility index (Phi) is 6.39. The largest absolute Gasteiger partial charge is 0.423 e. The maximum atomic E-state index is 13.8. The lowest BCUT2D eigenvalue weighted by Crippen LogP contribution is -2.34. The summed E-state index contributed by atoms with van der Waals surface area (Å²) in [5, 5.41) is 3.96. The fourth-order valence-electron chi connectivity index (χ4n) is 3.35. The number of ether oxygens (including phenoxy) is 1. The maximum absolute atomic E-state index is 13.8. The molecule has 0 aliphatic carbocycles. The van der Waals surface area contributed by atoms with E-state index < -0.39 is 25.4 Å². The zero-order valence-electron chi connectivity index (χ0n) is 17.4. The average molecular weight is 441 g/mol. The normalized spacial score (nSPS) is 14.3. The number of hydrogen-bond acceptors (Lipinski definition) is 5. The SMILES string of the molecule is C[Si](C)(C)CCOCn1ncc(N2Cc3ccc(CN)cc3C2)c(C(F)(F)F)c1=O. The molecule has 10 heteroatoms. The first-order valence-corrected chi connectivity index (χ1v) is 13.5. The zero-order valence-corrected chi connectivity index (χ0v) is 18.4. The van der Waals surface area contributed by atoms with Crippen molar-refractivity contribution in [3.8, 4) is 0 Å². The molecule has 2 N–H and O–H groups in total. The molecule has 1 aliphatic rings. The van der Waals surface area contributed by atoms with Crippen molar-refractivity contribution in [1.29, 1.82) is 0 Å². The van der Waals surface area contributed by atoms with Gasteiger partial charge in [-0.25, -0.2) is 4.68 Å². The standard InChI is InChI=1S/C20H27F3N4O2Si/c1-30(2,3)7-6-29-13-27-19(28)18(20(21,22)23)17(10-25-27)26-11-15-5-4-14(9-24)8-16(15)12-26/h4-5,8,10H,6-7,9,11-13,24H2,1-3H3. The summed E-state index contributed by atoms with van der Waals surface area (Å²) in [5.41, 5.74) is 5.78. The van der Waals surface area contributed by atoms with Crippen LogP contribution in [0.3, 0.4) is 0 Å². The maximum Gasteiger partial charge on any atom is 0.423 e. The topological polar surface area (TPSA) is 73.4 Å². The Morgan fingerprint density at radius 1 is 1.20 bits per heavy atom. The molecular weight excluding hydrogens is 413 g/mol. The van der Waals surface area contributed by atoms with E-state index in [1.54, 1.807) is 0 Å². The number of nitrogens with two attached hydrogens (primary N) is 1. The minimum absolute atomic E-state index is 0.212. The molecule has 30 heavy (non-hydrogen) atoms. The summed E-state index contributed by atoms with van der Waals surface area (Å²) in [6.45, 7) is 7.50. The van der Waals surface area contributed by atoms with Gasteiger partial charge in [-0.3, -0.25) is 4.79 Å². The highest BCUT2D eigenvalue weighted by Crippen LogP contribution is 2.37. The van der Waals surface area contributed by atoms with Crippen molar-refractivity contribution in [2.45, 2.75) is 58.2 Å². The lowest BCUT2D eigenvalue weighted by molar-refractivity contribution is -0.138. The van der Waals surface area contributed by atoms with E-state index in [9.17, 15) is 18.0 Å². The van der Waals surface area contributed by atoms with Crippen LogP contribution >= 0.6 is 0 Å². The van der Waals surface area contributed by atoms with E-state index in [2.05, 4.69) is 24.7 Å². The second-order valence-corrected chi connectivity index (χ2v) is 14.3. The van der Waals surface area contributed by atoms with Crippen LogP contribution in [-0.2, 0) is 37.3 Å². The number of anilines is 1. The second kappa shape index (κ2) is 8.52. The lowest BCUT2D eigenvalue weighted by Gasteiger charge is -2.22. The van der Waals surface area contributed by atoms with E-state index in [4.69, 9.17) is 10.5 Å². The number of rotatable bonds is 7. The Morgan fingerprint density at radius 2 is 1.90 bits per heavy atom. The first kappa shape index (κ1) is 22.5. The third-order valence-electron chi connectivity index (χ3n) is 5.09. The molecule has 0 spiro atoms. The van der Waals surface area contributed by atoms with Crippen molar-refractivity contribution in [3.05, 3.63) is 57.0 Å². The highest BCUT2D eigenvalue weighted by atomic mass is 28.3. The molecule has 1 aromatic carbocycles. The van der Waals surface area contributed by atoms with Crippen LogP contribution in [0.15, 0.2) is 29.2 Å². The van der Waals surface area contributed by atoms with E-state index in [0.29, 0.717) is 13.2 Å². The molecule has 0 bridgehead atoms. The summed E-state index contributed by atoms with van der Waals surface area (Å²) >= 11 is 0. The Morgan fingerprint density at radius 3 is 2.53 bits per heavy atom. The minimum atomic E-state index is -4.80. The Hall–Kier alpha value is -2.17. The molecule has 0 saturated heterocycles. The molecule has 0 amide bonds. The molecule has 3 rings (SSSR count). The van der Waals surface area contributed by atoms with Crippen molar-refractivity contribution in [3.63, 3.8) is 0 Å². The van der Waals surface area contributed by atoms with Gasteiger partial charge in [-0.05, 0) is 22.7 Å². The Balaban J connectivity index is 1.85. The summed E-state index contributed by atoms with van der Waals surface area (Å²) in [4.78, 5) is 14.1. The van der Waals surface area contributed by atoms with Gasteiger partial charge in [0, 0.05) is 34.3 Å². The van der Waals surface area contributed by atoms with Crippen LogP contribution in [-0.4, -0.2) is 24.5 Å². The highest BCUT2D eigenvalue weighted by Gasteiger charge is 2.40. The average Bonchev–Trinajstić information content (AvgIpc) is 3.07. The number of fused-ring (bicyclic) bond motifs is 1. The van der Waals surface area contributed by atoms with Gasteiger partial charge in [0.05, 0.1) is 11.9 Å². The molecule has 1 aromatic heterocycles. The zero-order chi connectivity index (χ0) is 22.1. The number of nitrogens with zero attached hydrogens (tertiary/aromatic N) is 3. The fourth-order valence-corrected chi connectivity index (χ4v) is 4.11. The lowest BCUT2D eigenvalue weighted by atomic mass is 10.1. The molecule has 2 heterocycles. The van der Waals surface area contributed by atoms with E-state index in [1.807, 2.05) is 18.2 Å². The molecule has 0 saturated carbocycles. The molecule has 0 radical (unpaired) electrons. The molecule has 6 nitrogen and oxygen atoms in total. The monoisotopic (exact) mass is 440 g/mol. The Bertz CT molecular complexity index is 970. The van der Waals surface area contributed by atoms with Gasteiger partial charge in [0.15, 0.2) is 0 Å². The number of aromatic nitrogens is 2. The van der Waals surface area contributed by atoms with Crippen molar-refractivity contribution in [2.75, 3.05) is 11.5 Å². The fraction of sp³-hybridized carbons (Fsp3) is 0.500. The van der Waals surface area contributed by atoms with E-state index >= 15 is 0 Å². The molecule has 0 atom stereocenters. The quantitative estimate of drug-likeness (QED) is 0.527. The van der Waals surface area contributed by atoms with Gasteiger partial charge < -0.3 is 15.4 Å². The summed E-state index contributed by atoms with van der Waals surface area (Å²) in [6, 6.07) is 6.47. The predicted octanol–water partition coefficient (Wildman–Crippen LogP) is 3.55. The van der Waals surface area contributed by atoms with Crippen molar-refractivity contribution in [1.82, 2.24) is 9.78 Å². The molecular formula is C20H27F3N4O2Si. The first-order chi connectivity index (χ1) is 14.0. The van der Waals surface area contributed by atoms with Crippen LogP contribution < -0.4 is 16.2 Å². The molecule has 0 fully saturated rings. The first-order valence-electron chi connectivity index (χ1n) is 9.80. The van der Waals surface area contributed by atoms with Crippen molar-refractivity contribution in [2.24, 2.45) is 5.73 Å². The van der Waals surface area contributed by atoms with Gasteiger partial charge in [0.25, 0.3) is 5.56 Å². The summed E-state index contributed by atoms with van der Waals surface area (Å²) in [7, 11) is -1.34. The van der Waals surface area contributed by atoms with Crippen molar-refractivity contribution < 1.29 is 17.9 Å². The summed E-state index contributed by atoms with van der Waals surface area (Å²) < 4.78 is 47.6. The van der Waals surface area contributed by atoms with Crippen LogP contribution in [0.1, 0.15) is 22.3 Å².